The van der Waals surface area contributed by atoms with E-state index in [4.69, 9.17) is 4.74 Å². The van der Waals surface area contributed by atoms with Gasteiger partial charge in [-0.25, -0.2) is 13.8 Å². The smallest absolute Gasteiger partial charge is 0.261 e. The van der Waals surface area contributed by atoms with Gasteiger partial charge in [0.2, 0.25) is 5.95 Å². The summed E-state index contributed by atoms with van der Waals surface area (Å²) in [5.74, 6) is -0.960. The molecule has 4 aromatic rings. The molecule has 2 aliphatic rings. The summed E-state index contributed by atoms with van der Waals surface area (Å²) in [5, 5.41) is 11.8. The number of hydrogen-bond acceptors (Lipinski definition) is 7. The number of hydrogen-bond donors (Lipinski definition) is 1. The van der Waals surface area contributed by atoms with E-state index in [1.54, 1.807) is 23.6 Å². The van der Waals surface area contributed by atoms with E-state index < -0.39 is 5.92 Å². The minimum Gasteiger partial charge on any atom is -0.493 e. The molecular weight excluding hydrogens is 452 g/mol. The zero-order valence-electron chi connectivity index (χ0n) is 19.1. The number of benzene rings is 1. The minimum atomic E-state index is -2.57. The third kappa shape index (κ3) is 4.41. The molecule has 5 heterocycles. The van der Waals surface area contributed by atoms with Crippen LogP contribution in [0.4, 0.5) is 14.7 Å². The van der Waals surface area contributed by atoms with Gasteiger partial charge in [-0.15, -0.1) is 10.2 Å². The van der Waals surface area contributed by atoms with Crippen LogP contribution < -0.4 is 10.1 Å². The Balaban J connectivity index is 1.16. The highest BCUT2D eigenvalue weighted by atomic mass is 19.3. The number of pyridine rings is 1. The molecule has 1 aromatic carbocycles. The van der Waals surface area contributed by atoms with Gasteiger partial charge >= 0.3 is 0 Å². The van der Waals surface area contributed by atoms with Gasteiger partial charge in [0.15, 0.2) is 5.65 Å². The molecule has 1 fully saturated rings. The monoisotopic (exact) mass is 477 g/mol. The number of rotatable bonds is 7. The van der Waals surface area contributed by atoms with Crippen LogP contribution in [-0.4, -0.2) is 61.6 Å². The third-order valence-electron chi connectivity index (χ3n) is 6.68. The lowest BCUT2D eigenvalue weighted by Crippen LogP contribution is -2.27. The molecule has 10 heteroatoms. The number of alkyl halides is 2. The molecule has 8 nitrogen and oxygen atoms in total. The Morgan fingerprint density at radius 3 is 2.89 bits per heavy atom. The van der Waals surface area contributed by atoms with E-state index in [9.17, 15) is 8.78 Å². The van der Waals surface area contributed by atoms with Crippen molar-refractivity contribution in [1.29, 1.82) is 0 Å². The molecule has 180 valence electrons. The van der Waals surface area contributed by atoms with Crippen LogP contribution in [-0.2, 0) is 19.4 Å². The second-order valence-corrected chi connectivity index (χ2v) is 9.04. The molecule has 3 aromatic heterocycles. The van der Waals surface area contributed by atoms with Crippen molar-refractivity contribution in [2.75, 3.05) is 31.6 Å². The number of nitrogens with one attached hydrogen (secondary N) is 1. The Kier molecular flexibility index (Phi) is 5.52. The van der Waals surface area contributed by atoms with Gasteiger partial charge in [-0.2, -0.15) is 0 Å². The number of halogens is 2. The van der Waals surface area contributed by atoms with E-state index in [0.717, 1.165) is 35.6 Å². The summed E-state index contributed by atoms with van der Waals surface area (Å²) in [7, 11) is 0. The molecule has 0 atom stereocenters. The fourth-order valence-electron chi connectivity index (χ4n) is 4.79. The summed E-state index contributed by atoms with van der Waals surface area (Å²) in [5.41, 5.74) is 5.66. The maximum absolute atomic E-state index is 13.4. The number of ether oxygens (including phenoxy) is 1. The standard InChI is InChI=1S/C25H25F2N7O/c26-25(27)8-10-33(15-25)9-6-19-5-4-18(12-28-19)21-14-30-24(34-16-31-32-23(21)34)29-13-17-2-1-3-22-20(17)7-11-35-22/h1-5,12,14,16H,6-11,13,15H2,(H,29,30). The maximum Gasteiger partial charge on any atom is 0.261 e. The topological polar surface area (TPSA) is 80.5 Å². The predicted octanol–water partition coefficient (Wildman–Crippen LogP) is 3.62. The van der Waals surface area contributed by atoms with E-state index in [1.165, 1.54) is 11.1 Å². The van der Waals surface area contributed by atoms with Crippen LogP contribution in [0.5, 0.6) is 5.75 Å². The number of aromatic nitrogens is 5. The Bertz CT molecular complexity index is 1360. The SMILES string of the molecule is FC1(F)CCN(CCc2ccc(-c3cnc(NCc4cccc5c4CCO5)n4cnnc34)cn2)C1. The molecule has 0 aliphatic carbocycles. The average molecular weight is 478 g/mol. The lowest BCUT2D eigenvalue weighted by Gasteiger charge is -2.15. The van der Waals surface area contributed by atoms with Crippen molar-refractivity contribution in [2.45, 2.75) is 31.7 Å². The maximum atomic E-state index is 13.4. The first-order chi connectivity index (χ1) is 17.1. The van der Waals surface area contributed by atoms with Gasteiger partial charge < -0.3 is 10.1 Å². The van der Waals surface area contributed by atoms with Crippen LogP contribution in [0.1, 0.15) is 23.2 Å². The van der Waals surface area contributed by atoms with Crippen LogP contribution in [0.3, 0.4) is 0 Å². The van der Waals surface area contributed by atoms with Crippen molar-refractivity contribution in [3.8, 4) is 16.9 Å². The van der Waals surface area contributed by atoms with Crippen LogP contribution in [0.15, 0.2) is 49.1 Å². The second-order valence-electron chi connectivity index (χ2n) is 9.04. The summed E-state index contributed by atoms with van der Waals surface area (Å²) < 4.78 is 34.3. The number of fused-ring (bicyclic) bond motifs is 2. The first-order valence-corrected chi connectivity index (χ1v) is 11.8. The fraction of sp³-hybridized carbons (Fsp3) is 0.360. The molecule has 0 radical (unpaired) electrons. The van der Waals surface area contributed by atoms with Gasteiger partial charge in [-0.05, 0) is 17.7 Å². The number of likely N-dealkylation sites (tertiary alicyclic amines) is 1. The van der Waals surface area contributed by atoms with Crippen molar-refractivity contribution >= 4 is 11.6 Å². The van der Waals surface area contributed by atoms with Crippen molar-refractivity contribution in [1.82, 2.24) is 29.5 Å². The largest absolute Gasteiger partial charge is 0.493 e. The van der Waals surface area contributed by atoms with E-state index in [0.29, 0.717) is 37.7 Å². The highest BCUT2D eigenvalue weighted by Crippen LogP contribution is 2.30. The molecule has 0 amide bonds. The fourth-order valence-corrected chi connectivity index (χ4v) is 4.79. The third-order valence-corrected chi connectivity index (χ3v) is 6.68. The Morgan fingerprint density at radius 2 is 2.06 bits per heavy atom. The highest BCUT2D eigenvalue weighted by Gasteiger charge is 2.37. The highest BCUT2D eigenvalue weighted by molar-refractivity contribution is 5.77. The molecule has 0 spiro atoms. The van der Waals surface area contributed by atoms with Gasteiger partial charge in [0.05, 0.1) is 13.2 Å². The minimum absolute atomic E-state index is 0.0620. The summed E-state index contributed by atoms with van der Waals surface area (Å²) in [6.07, 6.45) is 6.67. The van der Waals surface area contributed by atoms with E-state index in [2.05, 4.69) is 31.5 Å². The van der Waals surface area contributed by atoms with Gasteiger partial charge in [0.1, 0.15) is 12.1 Å². The molecule has 0 bridgehead atoms. The first kappa shape index (κ1) is 21.8. The quantitative estimate of drug-likeness (QED) is 0.436. The average Bonchev–Trinajstić information content (AvgIpc) is 3.61. The van der Waals surface area contributed by atoms with Crippen molar-refractivity contribution < 1.29 is 13.5 Å². The van der Waals surface area contributed by atoms with Crippen molar-refractivity contribution in [3.63, 3.8) is 0 Å². The van der Waals surface area contributed by atoms with Crippen LogP contribution in [0.25, 0.3) is 16.8 Å². The molecule has 35 heavy (non-hydrogen) atoms. The lowest BCUT2D eigenvalue weighted by molar-refractivity contribution is 0.0123. The van der Waals surface area contributed by atoms with E-state index in [-0.39, 0.29) is 13.0 Å². The molecule has 6 rings (SSSR count). The van der Waals surface area contributed by atoms with Crippen molar-refractivity contribution in [2.24, 2.45) is 0 Å². The molecular formula is C25H25F2N7O. The lowest BCUT2D eigenvalue weighted by atomic mass is 10.1. The molecule has 0 unspecified atom stereocenters. The predicted molar refractivity (Wildman–Crippen MR) is 127 cm³/mol. The number of anilines is 1. The van der Waals surface area contributed by atoms with Gasteiger partial charge in [-0.3, -0.25) is 14.3 Å². The Labute approximate surface area is 201 Å². The Hall–Kier alpha value is -3.66. The molecule has 1 N–H and O–H groups in total. The van der Waals surface area contributed by atoms with Gasteiger partial charge in [-0.1, -0.05) is 18.2 Å². The first-order valence-electron chi connectivity index (χ1n) is 11.8. The summed E-state index contributed by atoms with van der Waals surface area (Å²) >= 11 is 0. The summed E-state index contributed by atoms with van der Waals surface area (Å²) in [4.78, 5) is 11.0. The van der Waals surface area contributed by atoms with Gasteiger partial charge in [0.25, 0.3) is 5.92 Å². The summed E-state index contributed by atoms with van der Waals surface area (Å²) in [6.45, 7) is 2.18. The second kappa shape index (κ2) is 8.84. The zero-order valence-corrected chi connectivity index (χ0v) is 19.1. The molecule has 0 saturated carbocycles. The van der Waals surface area contributed by atoms with Crippen LogP contribution in [0, 0.1) is 0 Å². The summed E-state index contributed by atoms with van der Waals surface area (Å²) in [6, 6.07) is 10.00. The van der Waals surface area contributed by atoms with Gasteiger partial charge in [0, 0.05) is 73.7 Å². The van der Waals surface area contributed by atoms with Crippen molar-refractivity contribution in [3.05, 3.63) is 65.9 Å². The van der Waals surface area contributed by atoms with Crippen LogP contribution >= 0.6 is 0 Å². The molecule has 2 aliphatic heterocycles. The van der Waals surface area contributed by atoms with E-state index in [1.807, 2.05) is 28.7 Å². The Morgan fingerprint density at radius 1 is 1.11 bits per heavy atom. The molecule has 1 saturated heterocycles. The normalized spacial score (nSPS) is 17.0. The van der Waals surface area contributed by atoms with E-state index >= 15 is 0 Å². The zero-order chi connectivity index (χ0) is 23.8. The number of nitrogens with zero attached hydrogens (tertiary/aromatic N) is 6. The van der Waals surface area contributed by atoms with Crippen LogP contribution in [0.2, 0.25) is 0 Å².